The number of benzene rings is 1. The van der Waals surface area contributed by atoms with E-state index in [1.165, 1.54) is 0 Å². The molecule has 19 heavy (non-hydrogen) atoms. The maximum absolute atomic E-state index is 13.4. The highest BCUT2D eigenvalue weighted by atomic mass is 79.9. The van der Waals surface area contributed by atoms with Crippen molar-refractivity contribution in [1.82, 2.24) is 5.32 Å². The normalized spacial score (nSPS) is 13.2. The van der Waals surface area contributed by atoms with E-state index in [1.54, 1.807) is 0 Å². The lowest BCUT2D eigenvalue weighted by Gasteiger charge is -2.16. The lowest BCUT2D eigenvalue weighted by molar-refractivity contribution is -0.138. The van der Waals surface area contributed by atoms with E-state index in [0.717, 1.165) is 19.1 Å². The van der Waals surface area contributed by atoms with Crippen LogP contribution >= 0.6 is 15.9 Å². The fraction of sp³-hybridized carbons (Fsp3) is 0.364. The molecular formula is C11H9BrF5NO. The molecule has 0 aliphatic carbocycles. The van der Waals surface area contributed by atoms with Crippen LogP contribution in [-0.2, 0) is 0 Å². The number of halogens is 6. The van der Waals surface area contributed by atoms with E-state index in [2.05, 4.69) is 15.9 Å². The molecule has 1 amide bonds. The van der Waals surface area contributed by atoms with Gasteiger partial charge in [0.2, 0.25) is 0 Å². The molecule has 0 radical (unpaired) electrons. The molecule has 0 saturated heterocycles. The van der Waals surface area contributed by atoms with Crippen LogP contribution in [-0.4, -0.2) is 18.1 Å². The molecule has 1 rings (SSSR count). The highest BCUT2D eigenvalue weighted by molar-refractivity contribution is 9.10. The van der Waals surface area contributed by atoms with Gasteiger partial charge in [-0.2, -0.15) is 13.2 Å². The predicted molar refractivity (Wildman–Crippen MR) is 61.7 cm³/mol. The number of carbonyl (C=O) groups excluding carboxylic acids is 1. The summed E-state index contributed by atoms with van der Waals surface area (Å²) in [5, 5.41) is 1.90. The highest BCUT2D eigenvalue weighted by Crippen LogP contribution is 2.22. The Morgan fingerprint density at radius 3 is 2.21 bits per heavy atom. The zero-order valence-corrected chi connectivity index (χ0v) is 11.2. The Morgan fingerprint density at radius 2 is 1.79 bits per heavy atom. The maximum Gasteiger partial charge on any atom is 0.391 e. The molecule has 8 heteroatoms. The second-order valence-electron chi connectivity index (χ2n) is 3.94. The van der Waals surface area contributed by atoms with Crippen LogP contribution in [0.15, 0.2) is 16.6 Å². The van der Waals surface area contributed by atoms with Gasteiger partial charge < -0.3 is 5.32 Å². The number of amides is 1. The minimum atomic E-state index is -4.47. The second-order valence-corrected chi connectivity index (χ2v) is 4.85. The van der Waals surface area contributed by atoms with Gasteiger partial charge >= 0.3 is 6.18 Å². The first-order chi connectivity index (χ1) is 8.60. The van der Waals surface area contributed by atoms with Gasteiger partial charge in [0.15, 0.2) is 0 Å². The Labute approximate surface area is 114 Å². The molecule has 106 valence electrons. The van der Waals surface area contributed by atoms with E-state index in [1.807, 2.05) is 5.32 Å². The molecule has 0 aromatic heterocycles. The van der Waals surface area contributed by atoms with Gasteiger partial charge in [-0.1, -0.05) is 15.9 Å². The Hall–Kier alpha value is -1.18. The lowest BCUT2D eigenvalue weighted by Crippen LogP contribution is -2.36. The van der Waals surface area contributed by atoms with Crippen LogP contribution < -0.4 is 5.32 Å². The molecule has 0 saturated carbocycles. The predicted octanol–water partition coefficient (Wildman–Crippen LogP) is 3.80. The van der Waals surface area contributed by atoms with Crippen LogP contribution in [0.3, 0.4) is 0 Å². The molecule has 1 aromatic carbocycles. The average molecular weight is 346 g/mol. The molecule has 1 aromatic rings. The van der Waals surface area contributed by atoms with Crippen molar-refractivity contribution in [2.45, 2.75) is 25.6 Å². The summed E-state index contributed by atoms with van der Waals surface area (Å²) in [6.45, 7) is 1.10. The zero-order valence-electron chi connectivity index (χ0n) is 9.62. The standard InChI is InChI=1S/C11H9BrF5NO/c1-5(4-11(15,16)17)18-10(19)9-7(13)2-6(12)3-8(9)14/h2-3,5H,4H2,1H3,(H,18,19). The van der Waals surface area contributed by atoms with Crippen LogP contribution in [0.1, 0.15) is 23.7 Å². The summed E-state index contributed by atoms with van der Waals surface area (Å²) < 4.78 is 63.1. The second kappa shape index (κ2) is 5.85. The van der Waals surface area contributed by atoms with Crippen molar-refractivity contribution in [3.8, 4) is 0 Å². The quantitative estimate of drug-likeness (QED) is 0.829. The first-order valence-electron chi connectivity index (χ1n) is 5.12. The van der Waals surface area contributed by atoms with Gasteiger partial charge in [-0.3, -0.25) is 4.79 Å². The van der Waals surface area contributed by atoms with Gasteiger partial charge in [0.25, 0.3) is 5.91 Å². The first kappa shape index (κ1) is 15.9. The van der Waals surface area contributed by atoms with Crippen LogP contribution in [0.5, 0.6) is 0 Å². The van der Waals surface area contributed by atoms with Crippen molar-refractivity contribution >= 4 is 21.8 Å². The summed E-state index contributed by atoms with van der Waals surface area (Å²) in [7, 11) is 0. The van der Waals surface area contributed by atoms with Crippen LogP contribution in [0.25, 0.3) is 0 Å². The van der Waals surface area contributed by atoms with Crippen molar-refractivity contribution < 1.29 is 26.7 Å². The number of carbonyl (C=O) groups is 1. The van der Waals surface area contributed by atoms with Gasteiger partial charge in [0.05, 0.1) is 6.42 Å². The van der Waals surface area contributed by atoms with Gasteiger partial charge in [-0.25, -0.2) is 8.78 Å². The summed E-state index contributed by atoms with van der Waals surface area (Å²) in [5.41, 5.74) is -0.905. The molecule has 0 aliphatic rings. The number of alkyl halides is 3. The third-order valence-corrected chi connectivity index (χ3v) is 2.61. The largest absolute Gasteiger partial charge is 0.391 e. The van der Waals surface area contributed by atoms with Crippen molar-refractivity contribution in [3.05, 3.63) is 33.8 Å². The van der Waals surface area contributed by atoms with Crippen molar-refractivity contribution in [3.63, 3.8) is 0 Å². The molecule has 1 N–H and O–H groups in total. The summed E-state index contributed by atoms with van der Waals surface area (Å²) in [4.78, 5) is 11.5. The SMILES string of the molecule is CC(CC(F)(F)F)NC(=O)c1c(F)cc(Br)cc1F. The van der Waals surface area contributed by atoms with Crippen molar-refractivity contribution in [1.29, 1.82) is 0 Å². The maximum atomic E-state index is 13.4. The molecular weight excluding hydrogens is 337 g/mol. The number of rotatable bonds is 3. The van der Waals surface area contributed by atoms with Crippen molar-refractivity contribution in [2.75, 3.05) is 0 Å². The molecule has 2 nitrogen and oxygen atoms in total. The average Bonchev–Trinajstić information content (AvgIpc) is 2.10. The van der Waals surface area contributed by atoms with Crippen LogP contribution in [0.4, 0.5) is 22.0 Å². The fourth-order valence-electron chi connectivity index (χ4n) is 1.45. The van der Waals surface area contributed by atoms with Gasteiger partial charge in [0, 0.05) is 10.5 Å². The summed E-state index contributed by atoms with van der Waals surface area (Å²) in [5.74, 6) is -3.52. The zero-order chi connectivity index (χ0) is 14.8. The van der Waals surface area contributed by atoms with E-state index in [-0.39, 0.29) is 4.47 Å². The highest BCUT2D eigenvalue weighted by Gasteiger charge is 2.31. The smallest absolute Gasteiger partial charge is 0.349 e. The van der Waals surface area contributed by atoms with E-state index in [4.69, 9.17) is 0 Å². The molecule has 0 spiro atoms. The minimum absolute atomic E-state index is 0.0855. The molecule has 1 atom stereocenters. The number of hydrogen-bond acceptors (Lipinski definition) is 1. The Morgan fingerprint density at radius 1 is 1.32 bits per heavy atom. The van der Waals surface area contributed by atoms with E-state index in [0.29, 0.717) is 0 Å². The third kappa shape index (κ3) is 4.77. The Bertz CT molecular complexity index is 465. The van der Waals surface area contributed by atoms with Crippen molar-refractivity contribution in [2.24, 2.45) is 0 Å². The molecule has 0 bridgehead atoms. The lowest BCUT2D eigenvalue weighted by atomic mass is 10.1. The topological polar surface area (TPSA) is 29.1 Å². The van der Waals surface area contributed by atoms with Gasteiger partial charge in [0.1, 0.15) is 17.2 Å². The third-order valence-electron chi connectivity index (χ3n) is 2.15. The van der Waals surface area contributed by atoms with Crippen LogP contribution in [0.2, 0.25) is 0 Å². The summed E-state index contributed by atoms with van der Waals surface area (Å²) in [6, 6.07) is 0.425. The number of nitrogens with one attached hydrogen (secondary N) is 1. The minimum Gasteiger partial charge on any atom is -0.349 e. The Kier molecular flexibility index (Phi) is 4.89. The molecule has 0 fully saturated rings. The molecule has 0 aliphatic heterocycles. The van der Waals surface area contributed by atoms with Crippen LogP contribution in [0, 0.1) is 11.6 Å². The summed E-state index contributed by atoms with van der Waals surface area (Å²) >= 11 is 2.83. The van der Waals surface area contributed by atoms with Gasteiger partial charge in [-0.15, -0.1) is 0 Å². The fourth-order valence-corrected chi connectivity index (χ4v) is 1.86. The molecule has 1 unspecified atom stereocenters. The van der Waals surface area contributed by atoms with E-state index < -0.39 is 41.7 Å². The van der Waals surface area contributed by atoms with Gasteiger partial charge in [-0.05, 0) is 19.1 Å². The Balaban J connectivity index is 2.85. The first-order valence-corrected chi connectivity index (χ1v) is 5.91. The summed E-state index contributed by atoms with van der Waals surface area (Å²) in [6.07, 6.45) is -5.75. The number of hydrogen-bond donors (Lipinski definition) is 1. The monoisotopic (exact) mass is 345 g/mol. The van der Waals surface area contributed by atoms with E-state index >= 15 is 0 Å². The molecule has 0 heterocycles. The van der Waals surface area contributed by atoms with E-state index in [9.17, 15) is 26.7 Å².